The average Bonchev–Trinajstić information content (AvgIpc) is 2.94. The molecule has 2 aromatic heterocycles. The molecule has 0 fully saturated rings. The van der Waals surface area contributed by atoms with E-state index in [9.17, 15) is 14.3 Å². The van der Waals surface area contributed by atoms with Crippen molar-refractivity contribution in [3.63, 3.8) is 0 Å². The van der Waals surface area contributed by atoms with Gasteiger partial charge in [0.1, 0.15) is 11.7 Å². The lowest BCUT2D eigenvalue weighted by Gasteiger charge is -2.13. The van der Waals surface area contributed by atoms with Gasteiger partial charge in [-0.3, -0.25) is 9.78 Å². The molecule has 0 spiro atoms. The van der Waals surface area contributed by atoms with E-state index < -0.39 is 17.7 Å². The molecule has 8 heteroatoms. The zero-order chi connectivity index (χ0) is 14.8. The van der Waals surface area contributed by atoms with E-state index in [1.54, 1.807) is 18.2 Å². The van der Waals surface area contributed by atoms with Crippen LogP contribution in [0.3, 0.4) is 0 Å². The summed E-state index contributed by atoms with van der Waals surface area (Å²) in [5.74, 6) is -2.54. The summed E-state index contributed by atoms with van der Waals surface area (Å²) in [6.45, 7) is 0. The second-order valence-electron chi connectivity index (χ2n) is 4.47. The topological polar surface area (TPSA) is 93.3 Å². The highest BCUT2D eigenvalue weighted by Gasteiger charge is 2.25. The fourth-order valence-electron chi connectivity index (χ4n) is 2.13. The summed E-state index contributed by atoms with van der Waals surface area (Å²) in [6.07, 6.45) is 2.79. The third-order valence-corrected chi connectivity index (χ3v) is 3.17. The summed E-state index contributed by atoms with van der Waals surface area (Å²) in [5, 5.41) is 20.4. The number of halogens is 1. The van der Waals surface area contributed by atoms with Crippen LogP contribution in [0, 0.1) is 5.82 Å². The number of benzene rings is 1. The van der Waals surface area contributed by atoms with Crippen LogP contribution in [0.4, 0.5) is 4.39 Å². The molecule has 2 heterocycles. The predicted molar refractivity (Wildman–Crippen MR) is 69.1 cm³/mol. The van der Waals surface area contributed by atoms with Crippen molar-refractivity contribution < 1.29 is 14.3 Å². The third-order valence-electron chi connectivity index (χ3n) is 3.17. The Morgan fingerprint density at radius 1 is 1.33 bits per heavy atom. The van der Waals surface area contributed by atoms with E-state index in [0.29, 0.717) is 16.9 Å². The first-order valence-corrected chi connectivity index (χ1v) is 6.15. The number of fused-ring (bicyclic) bond motifs is 1. The molecule has 1 N–H and O–H groups in total. The quantitative estimate of drug-likeness (QED) is 0.771. The van der Waals surface area contributed by atoms with Gasteiger partial charge in [-0.1, -0.05) is 18.2 Å². The van der Waals surface area contributed by atoms with E-state index in [-0.39, 0.29) is 6.42 Å². The van der Waals surface area contributed by atoms with Gasteiger partial charge in [-0.15, -0.1) is 5.10 Å². The van der Waals surface area contributed by atoms with Crippen LogP contribution in [0.25, 0.3) is 5.65 Å². The minimum atomic E-state index is -1.09. The van der Waals surface area contributed by atoms with Crippen LogP contribution in [-0.4, -0.2) is 36.1 Å². The van der Waals surface area contributed by atoms with Gasteiger partial charge >= 0.3 is 5.97 Å². The maximum atomic E-state index is 13.7. The lowest BCUT2D eigenvalue weighted by Crippen LogP contribution is -2.19. The Balaban J connectivity index is 2.05. The van der Waals surface area contributed by atoms with Crippen molar-refractivity contribution in [1.82, 2.24) is 25.0 Å². The molecule has 1 aromatic carbocycles. The molecule has 106 valence electrons. The molecule has 3 rings (SSSR count). The monoisotopic (exact) mass is 287 g/mol. The van der Waals surface area contributed by atoms with Crippen LogP contribution in [0.15, 0.2) is 36.7 Å². The highest BCUT2D eigenvalue weighted by atomic mass is 19.1. The van der Waals surface area contributed by atoms with Crippen LogP contribution in [-0.2, 0) is 11.2 Å². The van der Waals surface area contributed by atoms with Crippen molar-refractivity contribution in [3.05, 3.63) is 53.7 Å². The van der Waals surface area contributed by atoms with Crippen LogP contribution in [0.1, 0.15) is 17.2 Å². The van der Waals surface area contributed by atoms with Crippen LogP contribution in [0.2, 0.25) is 0 Å². The maximum Gasteiger partial charge on any atom is 0.312 e. The first-order chi connectivity index (χ1) is 10.2. The van der Waals surface area contributed by atoms with E-state index >= 15 is 0 Å². The number of rotatable bonds is 4. The molecule has 21 heavy (non-hydrogen) atoms. The first kappa shape index (κ1) is 13.1. The van der Waals surface area contributed by atoms with Crippen LogP contribution < -0.4 is 0 Å². The zero-order valence-electron chi connectivity index (χ0n) is 10.7. The van der Waals surface area contributed by atoms with Crippen molar-refractivity contribution in [2.75, 3.05) is 0 Å². The molecule has 0 aliphatic carbocycles. The molecule has 0 bridgehead atoms. The largest absolute Gasteiger partial charge is 0.481 e. The van der Waals surface area contributed by atoms with Gasteiger partial charge < -0.3 is 5.11 Å². The molecular weight excluding hydrogens is 277 g/mol. The van der Waals surface area contributed by atoms with E-state index in [4.69, 9.17) is 0 Å². The van der Waals surface area contributed by atoms with Crippen LogP contribution >= 0.6 is 0 Å². The molecule has 0 saturated carbocycles. The summed E-state index contributed by atoms with van der Waals surface area (Å²) in [6, 6.07) is 6.06. The Morgan fingerprint density at radius 2 is 2.14 bits per heavy atom. The van der Waals surface area contributed by atoms with E-state index in [0.717, 1.165) is 0 Å². The Hall–Kier alpha value is -2.90. The highest BCUT2D eigenvalue weighted by molar-refractivity contribution is 5.76. The van der Waals surface area contributed by atoms with E-state index in [1.807, 2.05) is 0 Å². The van der Waals surface area contributed by atoms with Crippen molar-refractivity contribution in [1.29, 1.82) is 0 Å². The van der Waals surface area contributed by atoms with Crippen LogP contribution in [0.5, 0.6) is 0 Å². The Labute approximate surface area is 118 Å². The van der Waals surface area contributed by atoms with Crippen molar-refractivity contribution in [2.24, 2.45) is 0 Å². The molecular formula is C13H10FN5O2. The fourth-order valence-corrected chi connectivity index (χ4v) is 2.13. The summed E-state index contributed by atoms with van der Waals surface area (Å²) in [7, 11) is 0. The minimum absolute atomic E-state index is 0.0113. The maximum absolute atomic E-state index is 13.7. The second kappa shape index (κ2) is 5.23. The fraction of sp³-hybridized carbons (Fsp3) is 0.154. The van der Waals surface area contributed by atoms with Gasteiger partial charge in [-0.25, -0.2) is 4.39 Å². The van der Waals surface area contributed by atoms with E-state index in [1.165, 1.54) is 23.0 Å². The SMILES string of the molecule is O=C(O)C(Cc1ccccc1F)c1cncc2nnnn12. The number of hydrogen-bond acceptors (Lipinski definition) is 5. The predicted octanol–water partition coefficient (Wildman–Crippen LogP) is 1.07. The first-order valence-electron chi connectivity index (χ1n) is 6.15. The number of hydrogen-bond donors (Lipinski definition) is 1. The smallest absolute Gasteiger partial charge is 0.312 e. The van der Waals surface area contributed by atoms with Crippen molar-refractivity contribution in [2.45, 2.75) is 12.3 Å². The molecule has 1 unspecified atom stereocenters. The molecule has 0 saturated heterocycles. The standard InChI is InChI=1S/C13H10FN5O2/c14-10-4-2-1-3-8(10)5-9(13(20)21)11-6-15-7-12-16-17-18-19(11)12/h1-4,6-7,9H,5H2,(H,20,21). The number of carbonyl (C=O) groups is 1. The summed E-state index contributed by atoms with van der Waals surface area (Å²) in [4.78, 5) is 15.5. The summed E-state index contributed by atoms with van der Waals surface area (Å²) in [5.41, 5.74) is 0.954. The number of carboxylic acid groups (broad SMARTS) is 1. The van der Waals surface area contributed by atoms with Crippen molar-refractivity contribution in [3.8, 4) is 0 Å². The number of carboxylic acids is 1. The average molecular weight is 287 g/mol. The number of aromatic nitrogens is 5. The third kappa shape index (κ3) is 2.42. The van der Waals surface area contributed by atoms with E-state index in [2.05, 4.69) is 20.5 Å². The Bertz CT molecular complexity index is 804. The van der Waals surface area contributed by atoms with Crippen molar-refractivity contribution >= 4 is 11.6 Å². The minimum Gasteiger partial charge on any atom is -0.481 e. The normalized spacial score (nSPS) is 12.4. The number of tetrazole rings is 1. The molecule has 1 atom stereocenters. The van der Waals surface area contributed by atoms with Gasteiger partial charge in [0.05, 0.1) is 11.9 Å². The molecule has 0 aliphatic rings. The Morgan fingerprint density at radius 3 is 2.90 bits per heavy atom. The van der Waals surface area contributed by atoms with Gasteiger partial charge in [-0.2, -0.15) is 4.52 Å². The molecule has 0 radical (unpaired) electrons. The number of aliphatic carboxylic acids is 1. The van der Waals surface area contributed by atoms with Gasteiger partial charge in [0.2, 0.25) is 0 Å². The highest BCUT2D eigenvalue weighted by Crippen LogP contribution is 2.22. The lowest BCUT2D eigenvalue weighted by molar-refractivity contribution is -0.138. The van der Waals surface area contributed by atoms with Gasteiger partial charge in [0.25, 0.3) is 0 Å². The summed E-state index contributed by atoms with van der Waals surface area (Å²) < 4.78 is 15.0. The van der Waals surface area contributed by atoms with Gasteiger partial charge in [-0.05, 0) is 28.5 Å². The molecule has 3 aromatic rings. The van der Waals surface area contributed by atoms with Gasteiger partial charge in [0, 0.05) is 6.20 Å². The number of nitrogens with zero attached hydrogens (tertiary/aromatic N) is 5. The Kier molecular flexibility index (Phi) is 3.27. The second-order valence-corrected chi connectivity index (χ2v) is 4.47. The molecule has 0 aliphatic heterocycles. The zero-order valence-corrected chi connectivity index (χ0v) is 10.7. The summed E-state index contributed by atoms with van der Waals surface area (Å²) >= 11 is 0. The van der Waals surface area contributed by atoms with Gasteiger partial charge in [0.15, 0.2) is 5.65 Å². The molecule has 7 nitrogen and oxygen atoms in total. The molecule has 0 amide bonds. The lowest BCUT2D eigenvalue weighted by atomic mass is 9.96.